The third-order valence-corrected chi connectivity index (χ3v) is 12.9. The van der Waals surface area contributed by atoms with Gasteiger partial charge in [0.1, 0.15) is 17.0 Å². The first-order valence-electron chi connectivity index (χ1n) is 15.8. The highest BCUT2D eigenvalue weighted by Gasteiger charge is 2.32. The van der Waals surface area contributed by atoms with Crippen molar-refractivity contribution in [1.29, 1.82) is 0 Å². The lowest BCUT2D eigenvalue weighted by Gasteiger charge is -2.24. The Hall–Kier alpha value is -4.74. The van der Waals surface area contributed by atoms with Crippen LogP contribution < -0.4 is 5.32 Å². The van der Waals surface area contributed by atoms with E-state index in [9.17, 15) is 34.8 Å². The first-order chi connectivity index (χ1) is 25.9. The van der Waals surface area contributed by atoms with Gasteiger partial charge in [-0.2, -0.15) is 25.6 Å². The molecule has 6 rings (SSSR count). The van der Waals surface area contributed by atoms with Gasteiger partial charge in [-0.05, 0) is 52.1 Å². The second kappa shape index (κ2) is 17.6. The highest BCUT2D eigenvalue weighted by Crippen LogP contribution is 2.34. The number of hydrogen-bond acceptors (Lipinski definition) is 13. The van der Waals surface area contributed by atoms with Crippen LogP contribution in [0.2, 0.25) is 0 Å². The molecule has 1 N–H and O–H groups in total. The number of pyridine rings is 2. The summed E-state index contributed by atoms with van der Waals surface area (Å²) in [5.74, 6) is -3.82. The van der Waals surface area contributed by atoms with Crippen molar-refractivity contribution in [2.45, 2.75) is 48.1 Å². The molecule has 0 radical (unpaired) electrons. The molecular weight excluding hydrogens is 844 g/mol. The Morgan fingerprint density at radius 2 is 1.23 bits per heavy atom. The van der Waals surface area contributed by atoms with Gasteiger partial charge in [0.05, 0.1) is 17.7 Å². The molecule has 0 unspecified atom stereocenters. The SMILES string of the molecule is CN(Cc1cn(S(=O)(=O)c2nccs2)c(-c2cccnc2F)c1F)C(=O)OC(C)(C)C.CNCc1cn(S(=O)(=O)c2nccs2)c(-c2cccnc2F)c1F.Cl. The number of carbonyl (C=O) groups is 1. The molecule has 0 aliphatic rings. The molecule has 0 bridgehead atoms. The third-order valence-electron chi connectivity index (χ3n) is 7.25. The van der Waals surface area contributed by atoms with Crippen LogP contribution in [0.5, 0.6) is 0 Å². The van der Waals surface area contributed by atoms with Crippen LogP contribution in [-0.4, -0.2) is 75.4 Å². The van der Waals surface area contributed by atoms with E-state index in [1.807, 2.05) is 0 Å². The average Bonchev–Trinajstić information content (AvgIpc) is 3.95. The van der Waals surface area contributed by atoms with E-state index in [0.717, 1.165) is 46.2 Å². The van der Waals surface area contributed by atoms with Gasteiger partial charge in [-0.1, -0.05) is 0 Å². The summed E-state index contributed by atoms with van der Waals surface area (Å²) in [5.41, 5.74) is -2.34. The van der Waals surface area contributed by atoms with Crippen LogP contribution in [0.3, 0.4) is 0 Å². The molecule has 0 atom stereocenters. The van der Waals surface area contributed by atoms with Crippen LogP contribution in [0.4, 0.5) is 22.4 Å². The number of aromatic nitrogens is 6. The van der Waals surface area contributed by atoms with Crippen molar-refractivity contribution in [1.82, 2.24) is 38.1 Å². The monoisotopic (exact) mass is 876 g/mol. The maximum atomic E-state index is 15.4. The lowest BCUT2D eigenvalue weighted by molar-refractivity contribution is 0.0284. The molecule has 0 saturated carbocycles. The molecule has 0 aromatic carbocycles. The molecule has 6 heterocycles. The highest BCUT2D eigenvalue weighted by atomic mass is 35.5. The van der Waals surface area contributed by atoms with Gasteiger partial charge in [0.2, 0.25) is 20.6 Å². The summed E-state index contributed by atoms with van der Waals surface area (Å²) >= 11 is 1.73. The topological polar surface area (TPSA) is 171 Å². The fraction of sp³-hybridized carbons (Fsp3) is 0.242. The van der Waals surface area contributed by atoms with Crippen molar-refractivity contribution in [2.24, 2.45) is 0 Å². The number of nitrogens with one attached hydrogen (secondary N) is 1. The van der Waals surface area contributed by atoms with E-state index >= 15 is 4.39 Å². The molecule has 0 aliphatic carbocycles. The molecule has 1 amide bonds. The largest absolute Gasteiger partial charge is 0.444 e. The van der Waals surface area contributed by atoms with Crippen molar-refractivity contribution >= 4 is 61.2 Å². The van der Waals surface area contributed by atoms with Gasteiger partial charge in [0.15, 0.2) is 11.6 Å². The summed E-state index contributed by atoms with van der Waals surface area (Å²) in [6.45, 7) is 4.82. The summed E-state index contributed by atoms with van der Waals surface area (Å²) in [4.78, 5) is 27.8. The minimum Gasteiger partial charge on any atom is -0.444 e. The second-order valence-corrected chi connectivity index (χ2v) is 18.1. The highest BCUT2D eigenvalue weighted by molar-refractivity contribution is 7.92. The molecule has 6 aromatic rings. The standard InChI is InChI=1S/C19H20F2N4O4S2.C14H12F2N4O2S2.ClH/c1-19(2,3)29-18(26)24(4)10-12-11-25(31(27,28)17-23-8-9-30-17)15(14(12)20)13-6-5-7-22-16(13)21;1-17-7-9-8-20(24(21,22)14-19-5-6-23-14)12(11(9)15)10-3-2-4-18-13(10)16;/h5-9,11H,10H2,1-4H3;2-6,8,17H,7H2,1H3;1H. The number of ether oxygens (including phenoxy) is 1. The van der Waals surface area contributed by atoms with E-state index in [1.165, 1.54) is 60.7 Å². The molecule has 14 nitrogen and oxygen atoms in total. The first-order valence-corrected chi connectivity index (χ1v) is 20.4. The Balaban J connectivity index is 0.000000252. The van der Waals surface area contributed by atoms with Gasteiger partial charge in [-0.25, -0.2) is 41.5 Å². The molecule has 6 aromatic heterocycles. The normalized spacial score (nSPS) is 11.7. The summed E-state index contributed by atoms with van der Waals surface area (Å²) in [7, 11) is -5.50. The number of nitrogens with zero attached hydrogens (tertiary/aromatic N) is 7. The lowest BCUT2D eigenvalue weighted by Crippen LogP contribution is -2.33. The van der Waals surface area contributed by atoms with Gasteiger partial charge >= 0.3 is 6.09 Å². The second-order valence-electron chi connectivity index (χ2n) is 12.4. The Morgan fingerprint density at radius 3 is 1.62 bits per heavy atom. The number of amides is 1. The Kier molecular flexibility index (Phi) is 13.8. The summed E-state index contributed by atoms with van der Waals surface area (Å²) in [6, 6.07) is 5.26. The van der Waals surface area contributed by atoms with Crippen LogP contribution >= 0.6 is 35.1 Å². The zero-order chi connectivity index (χ0) is 40.3. The predicted molar refractivity (Wildman–Crippen MR) is 202 cm³/mol. The van der Waals surface area contributed by atoms with Gasteiger partial charge in [0, 0.05) is 72.7 Å². The Morgan fingerprint density at radius 1 is 0.786 bits per heavy atom. The molecular formula is C33H33ClF4N8O6S4. The van der Waals surface area contributed by atoms with Gasteiger partial charge < -0.3 is 15.0 Å². The minimum atomic E-state index is -4.32. The summed E-state index contributed by atoms with van der Waals surface area (Å²) < 4.78 is 116. The van der Waals surface area contributed by atoms with E-state index < -0.39 is 66.7 Å². The van der Waals surface area contributed by atoms with Crippen LogP contribution in [0.1, 0.15) is 31.9 Å². The van der Waals surface area contributed by atoms with E-state index in [0.29, 0.717) is 7.94 Å². The maximum absolute atomic E-state index is 15.4. The first kappa shape index (κ1) is 44.0. The van der Waals surface area contributed by atoms with E-state index in [2.05, 4.69) is 25.3 Å². The van der Waals surface area contributed by atoms with Crippen LogP contribution in [-0.2, 0) is 37.9 Å². The van der Waals surface area contributed by atoms with E-state index in [1.54, 1.807) is 27.8 Å². The number of halogens is 5. The fourth-order valence-corrected chi connectivity index (χ4v) is 9.53. The zero-order valence-electron chi connectivity index (χ0n) is 30.0. The van der Waals surface area contributed by atoms with Crippen molar-refractivity contribution in [3.63, 3.8) is 0 Å². The number of carbonyl (C=O) groups excluding carboxylic acids is 1. The molecule has 23 heteroatoms. The molecule has 300 valence electrons. The van der Waals surface area contributed by atoms with E-state index in [4.69, 9.17) is 4.74 Å². The average molecular weight is 877 g/mol. The van der Waals surface area contributed by atoms with Gasteiger partial charge in [0.25, 0.3) is 20.0 Å². The smallest absolute Gasteiger partial charge is 0.410 e. The molecule has 0 fully saturated rings. The van der Waals surface area contributed by atoms with Crippen molar-refractivity contribution in [3.8, 4) is 22.5 Å². The summed E-state index contributed by atoms with van der Waals surface area (Å²) in [6.07, 6.45) is 6.40. The number of rotatable bonds is 10. The van der Waals surface area contributed by atoms with Crippen molar-refractivity contribution in [3.05, 3.63) is 107 Å². The van der Waals surface area contributed by atoms with Crippen LogP contribution in [0.25, 0.3) is 22.5 Å². The van der Waals surface area contributed by atoms with E-state index in [-0.39, 0.29) is 56.4 Å². The van der Waals surface area contributed by atoms with Gasteiger partial charge in [-0.3, -0.25) is 0 Å². The van der Waals surface area contributed by atoms with Crippen LogP contribution in [0, 0.1) is 23.5 Å². The van der Waals surface area contributed by atoms with Gasteiger partial charge in [-0.15, -0.1) is 35.1 Å². The number of hydrogen-bond donors (Lipinski definition) is 1. The van der Waals surface area contributed by atoms with Crippen molar-refractivity contribution in [2.75, 3.05) is 14.1 Å². The predicted octanol–water partition coefficient (Wildman–Crippen LogP) is 6.55. The molecule has 0 spiro atoms. The maximum Gasteiger partial charge on any atom is 0.410 e. The fourth-order valence-electron chi connectivity index (χ4n) is 4.93. The third kappa shape index (κ3) is 9.27. The quantitative estimate of drug-likeness (QED) is 0.117. The zero-order valence-corrected chi connectivity index (χ0v) is 34.1. The lowest BCUT2D eigenvalue weighted by atomic mass is 10.1. The molecule has 56 heavy (non-hydrogen) atoms. The minimum absolute atomic E-state index is 0. The summed E-state index contributed by atoms with van der Waals surface area (Å²) in [5, 5.41) is 5.69. The molecule has 0 aliphatic heterocycles. The Labute approximate surface area is 333 Å². The molecule has 0 saturated heterocycles. The number of thiazole rings is 2. The van der Waals surface area contributed by atoms with Crippen LogP contribution in [0.15, 0.2) is 80.9 Å². The van der Waals surface area contributed by atoms with Crippen molar-refractivity contribution < 1.29 is 43.9 Å². The Bertz CT molecular complexity index is 2530.